The molecule has 0 bridgehead atoms. The van der Waals surface area contributed by atoms with E-state index in [0.717, 1.165) is 29.8 Å². The number of hydrogen-bond acceptors (Lipinski definition) is 2. The van der Waals surface area contributed by atoms with E-state index in [-0.39, 0.29) is 16.9 Å². The van der Waals surface area contributed by atoms with Gasteiger partial charge >= 0.3 is 0 Å². The maximum atomic E-state index is 12.2. The van der Waals surface area contributed by atoms with Gasteiger partial charge in [0.05, 0.1) is 6.10 Å². The van der Waals surface area contributed by atoms with E-state index in [1.807, 2.05) is 33.8 Å². The predicted octanol–water partition coefficient (Wildman–Crippen LogP) is 2.72. The van der Waals surface area contributed by atoms with Gasteiger partial charge in [-0.25, -0.2) is 0 Å². The highest BCUT2D eigenvalue weighted by molar-refractivity contribution is 5.76. The maximum absolute atomic E-state index is 12.2. The molecule has 4 heteroatoms. The molecular formula is C17H28N2O2. The van der Waals surface area contributed by atoms with Crippen molar-refractivity contribution >= 4 is 5.91 Å². The Labute approximate surface area is 127 Å². The quantitative estimate of drug-likeness (QED) is 0.880. The van der Waals surface area contributed by atoms with Crippen molar-refractivity contribution < 1.29 is 9.90 Å². The molecule has 0 aromatic carbocycles. The van der Waals surface area contributed by atoms with Crippen LogP contribution < -0.4 is 5.32 Å². The molecule has 0 spiro atoms. The molecule has 0 aliphatic heterocycles. The van der Waals surface area contributed by atoms with Crippen LogP contribution in [-0.2, 0) is 17.8 Å². The number of rotatable bonds is 2. The average molecular weight is 292 g/mol. The normalized spacial score (nSPS) is 21.0. The minimum Gasteiger partial charge on any atom is -0.388 e. The van der Waals surface area contributed by atoms with Gasteiger partial charge in [0.1, 0.15) is 6.54 Å². The second-order valence-electron chi connectivity index (χ2n) is 8.13. The van der Waals surface area contributed by atoms with Crippen LogP contribution in [0.5, 0.6) is 0 Å². The second kappa shape index (κ2) is 5.16. The first kappa shape index (κ1) is 16.1. The van der Waals surface area contributed by atoms with Gasteiger partial charge in [-0.3, -0.25) is 4.79 Å². The molecule has 1 unspecified atom stereocenters. The minimum atomic E-state index is -0.422. The number of aromatic nitrogens is 1. The van der Waals surface area contributed by atoms with Crippen LogP contribution in [0.2, 0.25) is 0 Å². The fourth-order valence-corrected chi connectivity index (χ4v) is 3.22. The van der Waals surface area contributed by atoms with Gasteiger partial charge in [0, 0.05) is 22.5 Å². The third kappa shape index (κ3) is 3.67. The maximum Gasteiger partial charge on any atom is 0.240 e. The van der Waals surface area contributed by atoms with Crippen LogP contribution in [-0.4, -0.2) is 21.1 Å². The summed E-state index contributed by atoms with van der Waals surface area (Å²) in [5.74, 6) is 0.0156. The number of aliphatic hydroxyl groups is 1. The molecule has 2 rings (SSSR count). The first-order valence-corrected chi connectivity index (χ1v) is 7.66. The van der Waals surface area contributed by atoms with Crippen molar-refractivity contribution in [2.75, 3.05) is 0 Å². The summed E-state index contributed by atoms with van der Waals surface area (Å²) in [4.78, 5) is 12.2. The molecule has 0 saturated heterocycles. The fourth-order valence-electron chi connectivity index (χ4n) is 3.22. The van der Waals surface area contributed by atoms with Crippen molar-refractivity contribution in [2.45, 2.75) is 72.6 Å². The van der Waals surface area contributed by atoms with Crippen molar-refractivity contribution in [1.82, 2.24) is 9.88 Å². The highest BCUT2D eigenvalue weighted by Gasteiger charge is 2.34. The molecule has 4 nitrogen and oxygen atoms in total. The zero-order chi connectivity index (χ0) is 16.0. The number of fused-ring (bicyclic) bond motifs is 1. The molecule has 1 amide bonds. The van der Waals surface area contributed by atoms with Crippen LogP contribution in [0.1, 0.15) is 64.1 Å². The van der Waals surface area contributed by atoms with Crippen LogP contribution >= 0.6 is 0 Å². The van der Waals surface area contributed by atoms with Crippen molar-refractivity contribution in [3.8, 4) is 0 Å². The molecule has 0 radical (unpaired) electrons. The van der Waals surface area contributed by atoms with Gasteiger partial charge < -0.3 is 15.0 Å². The van der Waals surface area contributed by atoms with E-state index in [9.17, 15) is 9.90 Å². The number of carbonyl (C=O) groups is 1. The van der Waals surface area contributed by atoms with E-state index in [1.54, 1.807) is 0 Å². The van der Waals surface area contributed by atoms with Crippen LogP contribution in [0.3, 0.4) is 0 Å². The summed E-state index contributed by atoms with van der Waals surface area (Å²) >= 11 is 0. The van der Waals surface area contributed by atoms with Crippen LogP contribution in [0.4, 0.5) is 0 Å². The number of carbonyl (C=O) groups excluding carboxylic acids is 1. The predicted molar refractivity (Wildman–Crippen MR) is 84.1 cm³/mol. The van der Waals surface area contributed by atoms with Crippen LogP contribution in [0, 0.1) is 12.3 Å². The molecule has 1 aromatic heterocycles. The lowest BCUT2D eigenvalue weighted by Gasteiger charge is -2.34. The average Bonchev–Trinajstić information content (AvgIpc) is 2.53. The molecule has 118 valence electrons. The SMILES string of the molecule is Cc1cc2c(n1CC(=O)NC(C)(C)C)CC(C)(C)CC2O. The molecule has 1 heterocycles. The molecule has 1 aromatic rings. The van der Waals surface area contributed by atoms with Crippen molar-refractivity contribution in [2.24, 2.45) is 5.41 Å². The molecule has 2 N–H and O–H groups in total. The summed E-state index contributed by atoms with van der Waals surface area (Å²) in [7, 11) is 0. The summed E-state index contributed by atoms with van der Waals surface area (Å²) in [5.41, 5.74) is 2.99. The monoisotopic (exact) mass is 292 g/mol. The lowest BCUT2D eigenvalue weighted by atomic mass is 9.75. The Morgan fingerprint density at radius 2 is 2.10 bits per heavy atom. The molecule has 1 aliphatic carbocycles. The Kier molecular flexibility index (Phi) is 3.96. The molecular weight excluding hydrogens is 264 g/mol. The summed E-state index contributed by atoms with van der Waals surface area (Å²) in [6.45, 7) is 12.6. The Balaban J connectivity index is 2.28. The Bertz CT molecular complexity index is 550. The van der Waals surface area contributed by atoms with E-state index >= 15 is 0 Å². The van der Waals surface area contributed by atoms with Crippen LogP contribution in [0.15, 0.2) is 6.07 Å². The molecule has 1 atom stereocenters. The topological polar surface area (TPSA) is 54.3 Å². The van der Waals surface area contributed by atoms with E-state index in [2.05, 4.69) is 23.7 Å². The number of aryl methyl sites for hydroxylation is 1. The molecule has 0 fully saturated rings. The van der Waals surface area contributed by atoms with Gasteiger partial charge in [0.15, 0.2) is 0 Å². The van der Waals surface area contributed by atoms with E-state index in [4.69, 9.17) is 0 Å². The molecule has 21 heavy (non-hydrogen) atoms. The number of nitrogens with one attached hydrogen (secondary N) is 1. The molecule has 1 aliphatic rings. The zero-order valence-electron chi connectivity index (χ0n) is 14.1. The minimum absolute atomic E-state index is 0.0156. The standard InChI is InChI=1S/C17H28N2O2/c1-11-7-12-13(8-17(5,6)9-14(12)20)19(11)10-15(21)18-16(2,3)4/h7,14,20H,8-10H2,1-6H3,(H,18,21). The Morgan fingerprint density at radius 3 is 2.67 bits per heavy atom. The van der Waals surface area contributed by atoms with Gasteiger partial charge in [-0.05, 0) is 52.0 Å². The first-order valence-electron chi connectivity index (χ1n) is 7.66. The van der Waals surface area contributed by atoms with E-state index in [0.29, 0.717) is 6.54 Å². The summed E-state index contributed by atoms with van der Waals surface area (Å²) in [5, 5.41) is 13.3. The smallest absolute Gasteiger partial charge is 0.240 e. The summed E-state index contributed by atoms with van der Waals surface area (Å²) in [6.07, 6.45) is 1.25. The largest absolute Gasteiger partial charge is 0.388 e. The second-order valence-corrected chi connectivity index (χ2v) is 8.13. The lowest BCUT2D eigenvalue weighted by Crippen LogP contribution is -2.42. The van der Waals surface area contributed by atoms with Gasteiger partial charge in [-0.1, -0.05) is 13.8 Å². The number of aliphatic hydroxyl groups excluding tert-OH is 1. The number of hydrogen-bond donors (Lipinski definition) is 2. The van der Waals surface area contributed by atoms with Crippen molar-refractivity contribution in [3.05, 3.63) is 23.0 Å². The summed E-state index contributed by atoms with van der Waals surface area (Å²) < 4.78 is 2.06. The molecule has 0 saturated carbocycles. The van der Waals surface area contributed by atoms with Crippen LogP contribution in [0.25, 0.3) is 0 Å². The van der Waals surface area contributed by atoms with Gasteiger partial charge in [0.25, 0.3) is 0 Å². The highest BCUT2D eigenvalue weighted by Crippen LogP contribution is 2.41. The van der Waals surface area contributed by atoms with Crippen molar-refractivity contribution in [3.63, 3.8) is 0 Å². The fraction of sp³-hybridized carbons (Fsp3) is 0.706. The highest BCUT2D eigenvalue weighted by atomic mass is 16.3. The van der Waals surface area contributed by atoms with Crippen molar-refractivity contribution in [1.29, 1.82) is 0 Å². The van der Waals surface area contributed by atoms with Gasteiger partial charge in [0.2, 0.25) is 5.91 Å². The number of amides is 1. The van der Waals surface area contributed by atoms with E-state index < -0.39 is 6.10 Å². The third-order valence-electron chi connectivity index (χ3n) is 4.02. The number of nitrogens with zero attached hydrogens (tertiary/aromatic N) is 1. The Morgan fingerprint density at radius 1 is 1.48 bits per heavy atom. The zero-order valence-corrected chi connectivity index (χ0v) is 14.1. The van der Waals surface area contributed by atoms with Gasteiger partial charge in [-0.15, -0.1) is 0 Å². The lowest BCUT2D eigenvalue weighted by molar-refractivity contribution is -0.123. The van der Waals surface area contributed by atoms with Gasteiger partial charge in [-0.2, -0.15) is 0 Å². The first-order chi connectivity index (χ1) is 9.48. The van der Waals surface area contributed by atoms with E-state index in [1.165, 1.54) is 0 Å². The Hall–Kier alpha value is -1.29. The third-order valence-corrected chi connectivity index (χ3v) is 4.02. The summed E-state index contributed by atoms with van der Waals surface area (Å²) in [6, 6.07) is 2.03.